The van der Waals surface area contributed by atoms with Crippen molar-refractivity contribution in [2.24, 2.45) is 0 Å². The summed E-state index contributed by atoms with van der Waals surface area (Å²) in [6.45, 7) is 5.48. The molecule has 2 N–H and O–H groups in total. The van der Waals surface area contributed by atoms with E-state index in [-0.39, 0.29) is 5.91 Å². The molecular formula is C11H20N4O. The average molecular weight is 224 g/mol. The Hall–Kier alpha value is -1.52. The van der Waals surface area contributed by atoms with E-state index in [1.807, 2.05) is 6.92 Å². The second-order valence-corrected chi connectivity index (χ2v) is 3.85. The maximum atomic E-state index is 11.9. The number of carbonyl (C=O) groups is 1. The van der Waals surface area contributed by atoms with Crippen LogP contribution in [0.25, 0.3) is 0 Å². The Bertz CT molecular complexity index is 359. The molecular weight excluding hydrogens is 204 g/mol. The molecule has 0 aromatic carbocycles. The highest BCUT2D eigenvalue weighted by Gasteiger charge is 2.15. The van der Waals surface area contributed by atoms with Crippen molar-refractivity contribution in [1.29, 1.82) is 0 Å². The first-order chi connectivity index (χ1) is 7.60. The summed E-state index contributed by atoms with van der Waals surface area (Å²) >= 11 is 0. The predicted octanol–water partition coefficient (Wildman–Crippen LogP) is 1.36. The lowest BCUT2D eigenvalue weighted by molar-refractivity contribution is 0.0786. The zero-order chi connectivity index (χ0) is 12.1. The molecule has 0 spiro atoms. The SMILES string of the molecule is CCCCN(C)C(=O)c1cc(N)n(CC)n1. The van der Waals surface area contributed by atoms with Crippen LogP contribution in [0.3, 0.4) is 0 Å². The van der Waals surface area contributed by atoms with Gasteiger partial charge >= 0.3 is 0 Å². The van der Waals surface area contributed by atoms with Gasteiger partial charge in [-0.2, -0.15) is 5.10 Å². The van der Waals surface area contributed by atoms with Crippen LogP contribution >= 0.6 is 0 Å². The quantitative estimate of drug-likeness (QED) is 0.821. The molecule has 1 aromatic heterocycles. The molecule has 0 saturated heterocycles. The summed E-state index contributed by atoms with van der Waals surface area (Å²) in [7, 11) is 1.79. The molecule has 0 aliphatic rings. The monoisotopic (exact) mass is 224 g/mol. The van der Waals surface area contributed by atoms with Crippen molar-refractivity contribution in [1.82, 2.24) is 14.7 Å². The molecule has 1 amide bonds. The second-order valence-electron chi connectivity index (χ2n) is 3.85. The van der Waals surface area contributed by atoms with Crippen molar-refractivity contribution < 1.29 is 4.79 Å². The van der Waals surface area contributed by atoms with E-state index in [1.165, 1.54) is 0 Å². The topological polar surface area (TPSA) is 64.2 Å². The predicted molar refractivity (Wildman–Crippen MR) is 64.2 cm³/mol. The lowest BCUT2D eigenvalue weighted by Gasteiger charge is -2.14. The van der Waals surface area contributed by atoms with E-state index in [4.69, 9.17) is 5.73 Å². The molecule has 1 aromatic rings. The van der Waals surface area contributed by atoms with Gasteiger partial charge in [0.05, 0.1) is 0 Å². The molecule has 5 nitrogen and oxygen atoms in total. The van der Waals surface area contributed by atoms with Crippen LogP contribution in [0.4, 0.5) is 5.82 Å². The average Bonchev–Trinajstić information content (AvgIpc) is 2.66. The fourth-order valence-electron chi connectivity index (χ4n) is 1.48. The Morgan fingerprint density at radius 1 is 1.56 bits per heavy atom. The number of hydrogen-bond donors (Lipinski definition) is 1. The van der Waals surface area contributed by atoms with Crippen molar-refractivity contribution in [2.45, 2.75) is 33.2 Å². The first kappa shape index (κ1) is 12.5. The number of hydrogen-bond acceptors (Lipinski definition) is 3. The van der Waals surface area contributed by atoms with Crippen LogP contribution < -0.4 is 5.73 Å². The molecule has 5 heteroatoms. The molecule has 0 radical (unpaired) electrons. The standard InChI is InChI=1S/C11H20N4O/c1-4-6-7-14(3)11(16)9-8-10(12)15(5-2)13-9/h8H,4-7,12H2,1-3H3. The van der Waals surface area contributed by atoms with Crippen molar-refractivity contribution in [3.05, 3.63) is 11.8 Å². The summed E-state index contributed by atoms with van der Waals surface area (Å²) in [6.07, 6.45) is 2.08. The third-order valence-corrected chi connectivity index (χ3v) is 2.52. The number of rotatable bonds is 5. The van der Waals surface area contributed by atoms with E-state index in [1.54, 1.807) is 22.7 Å². The van der Waals surface area contributed by atoms with Gasteiger partial charge in [-0.25, -0.2) is 4.68 Å². The maximum absolute atomic E-state index is 11.9. The number of aryl methyl sites for hydroxylation is 1. The number of nitrogens with zero attached hydrogens (tertiary/aromatic N) is 3. The van der Waals surface area contributed by atoms with Crippen LogP contribution in [-0.2, 0) is 6.54 Å². The van der Waals surface area contributed by atoms with Gasteiger partial charge in [-0.15, -0.1) is 0 Å². The highest BCUT2D eigenvalue weighted by molar-refractivity contribution is 5.92. The Morgan fingerprint density at radius 3 is 2.75 bits per heavy atom. The highest BCUT2D eigenvalue weighted by atomic mass is 16.2. The van der Waals surface area contributed by atoms with Crippen molar-refractivity contribution in [3.63, 3.8) is 0 Å². The molecule has 0 saturated carbocycles. The van der Waals surface area contributed by atoms with E-state index in [9.17, 15) is 4.79 Å². The first-order valence-electron chi connectivity index (χ1n) is 5.68. The minimum atomic E-state index is -0.0626. The first-order valence-corrected chi connectivity index (χ1v) is 5.68. The van der Waals surface area contributed by atoms with Gasteiger partial charge < -0.3 is 10.6 Å². The van der Waals surface area contributed by atoms with Gasteiger partial charge in [-0.1, -0.05) is 13.3 Å². The minimum Gasteiger partial charge on any atom is -0.384 e. The number of amides is 1. The highest BCUT2D eigenvalue weighted by Crippen LogP contribution is 2.08. The van der Waals surface area contributed by atoms with Crippen molar-refractivity contribution in [3.8, 4) is 0 Å². The number of nitrogens with two attached hydrogens (primary N) is 1. The van der Waals surface area contributed by atoms with Crippen LogP contribution in [0.1, 0.15) is 37.2 Å². The summed E-state index contributed by atoms with van der Waals surface area (Å²) in [6, 6.07) is 1.63. The third kappa shape index (κ3) is 2.74. The zero-order valence-electron chi connectivity index (χ0n) is 10.2. The second kappa shape index (κ2) is 5.53. The Kier molecular flexibility index (Phi) is 4.34. The van der Waals surface area contributed by atoms with Crippen LogP contribution in [-0.4, -0.2) is 34.2 Å². The van der Waals surface area contributed by atoms with Gasteiger partial charge in [0.1, 0.15) is 5.82 Å². The van der Waals surface area contributed by atoms with E-state index >= 15 is 0 Å². The van der Waals surface area contributed by atoms with Gasteiger partial charge in [0.2, 0.25) is 0 Å². The Balaban J connectivity index is 2.72. The number of unbranched alkanes of at least 4 members (excludes halogenated alkanes) is 1. The molecule has 0 unspecified atom stereocenters. The van der Waals surface area contributed by atoms with Crippen LogP contribution in [0.15, 0.2) is 6.07 Å². The molecule has 16 heavy (non-hydrogen) atoms. The summed E-state index contributed by atoms with van der Waals surface area (Å²) in [5, 5.41) is 4.16. The lowest BCUT2D eigenvalue weighted by Crippen LogP contribution is -2.28. The number of nitrogen functional groups attached to an aromatic ring is 1. The maximum Gasteiger partial charge on any atom is 0.274 e. The smallest absolute Gasteiger partial charge is 0.274 e. The largest absolute Gasteiger partial charge is 0.384 e. The molecule has 0 fully saturated rings. The van der Waals surface area contributed by atoms with Gasteiger partial charge in [-0.05, 0) is 13.3 Å². The fourth-order valence-corrected chi connectivity index (χ4v) is 1.48. The van der Waals surface area contributed by atoms with Crippen LogP contribution in [0.5, 0.6) is 0 Å². The molecule has 1 rings (SSSR count). The van der Waals surface area contributed by atoms with Crippen molar-refractivity contribution >= 4 is 11.7 Å². The van der Waals surface area contributed by atoms with E-state index in [0.717, 1.165) is 19.4 Å². The van der Waals surface area contributed by atoms with Gasteiger partial charge in [0, 0.05) is 26.2 Å². The molecule has 0 bridgehead atoms. The summed E-state index contributed by atoms with van der Waals surface area (Å²) in [4.78, 5) is 13.6. The molecule has 0 atom stereocenters. The molecule has 1 heterocycles. The van der Waals surface area contributed by atoms with E-state index in [2.05, 4.69) is 12.0 Å². The lowest BCUT2D eigenvalue weighted by atomic mass is 10.3. The zero-order valence-corrected chi connectivity index (χ0v) is 10.2. The van der Waals surface area contributed by atoms with E-state index in [0.29, 0.717) is 18.1 Å². The molecule has 0 aliphatic carbocycles. The summed E-state index contributed by atoms with van der Waals surface area (Å²) < 4.78 is 1.63. The molecule has 0 aliphatic heterocycles. The van der Waals surface area contributed by atoms with Crippen LogP contribution in [0, 0.1) is 0 Å². The summed E-state index contributed by atoms with van der Waals surface area (Å²) in [5.74, 6) is 0.474. The van der Waals surface area contributed by atoms with Crippen molar-refractivity contribution in [2.75, 3.05) is 19.3 Å². The summed E-state index contributed by atoms with van der Waals surface area (Å²) in [5.41, 5.74) is 6.15. The van der Waals surface area contributed by atoms with Gasteiger partial charge in [0.25, 0.3) is 5.91 Å². The van der Waals surface area contributed by atoms with Gasteiger partial charge in [0.15, 0.2) is 5.69 Å². The Morgan fingerprint density at radius 2 is 2.25 bits per heavy atom. The third-order valence-electron chi connectivity index (χ3n) is 2.52. The van der Waals surface area contributed by atoms with E-state index < -0.39 is 0 Å². The number of aromatic nitrogens is 2. The van der Waals surface area contributed by atoms with Crippen LogP contribution in [0.2, 0.25) is 0 Å². The minimum absolute atomic E-state index is 0.0626. The normalized spacial score (nSPS) is 10.4. The number of anilines is 1. The van der Waals surface area contributed by atoms with Gasteiger partial charge in [-0.3, -0.25) is 4.79 Å². The fraction of sp³-hybridized carbons (Fsp3) is 0.636. The molecule has 90 valence electrons. The Labute approximate surface area is 96.2 Å². The number of carbonyl (C=O) groups excluding carboxylic acids is 1.